The van der Waals surface area contributed by atoms with E-state index in [2.05, 4.69) is 54.0 Å². The quantitative estimate of drug-likeness (QED) is 0.0777. The molecule has 0 saturated carbocycles. The molecule has 4 N–H and O–H groups in total. The highest BCUT2D eigenvalue weighted by molar-refractivity contribution is 6.30. The van der Waals surface area contributed by atoms with Crippen molar-refractivity contribution in [1.82, 2.24) is 19.8 Å². The van der Waals surface area contributed by atoms with Gasteiger partial charge in [-0.1, -0.05) is 35.9 Å². The number of aromatic nitrogens is 2. The number of anilines is 4. The molecular formula is C53H60ClF3N8O5. The maximum atomic E-state index is 12.5. The molecule has 2 aliphatic rings. The number of amides is 2. The van der Waals surface area contributed by atoms with Gasteiger partial charge in [0.2, 0.25) is 11.8 Å². The first kappa shape index (κ1) is 51.5. The number of carbonyl (C=O) groups excluding carboxylic acids is 2. The van der Waals surface area contributed by atoms with Gasteiger partial charge >= 0.3 is 6.36 Å². The molecule has 2 fully saturated rings. The first-order chi connectivity index (χ1) is 33.7. The molecule has 370 valence electrons. The number of aryl methyl sites for hydroxylation is 3. The van der Waals surface area contributed by atoms with Crippen molar-refractivity contribution in [2.24, 2.45) is 0 Å². The van der Waals surface area contributed by atoms with Gasteiger partial charge in [0, 0.05) is 92.0 Å². The molecule has 0 aliphatic carbocycles. The number of benzene rings is 4. The fourth-order valence-electron chi connectivity index (χ4n) is 8.63. The number of fused-ring (bicyclic) bond motifs is 2. The Labute approximate surface area is 411 Å². The van der Waals surface area contributed by atoms with Crippen molar-refractivity contribution in [3.8, 4) is 5.75 Å². The van der Waals surface area contributed by atoms with E-state index in [9.17, 15) is 33.0 Å². The Hall–Kier alpha value is -6.30. The minimum atomic E-state index is -4.75. The third-order valence-corrected chi connectivity index (χ3v) is 12.6. The van der Waals surface area contributed by atoms with Gasteiger partial charge in [-0.2, -0.15) is 0 Å². The number of ether oxygens (including phenoxy) is 1. The van der Waals surface area contributed by atoms with E-state index < -0.39 is 6.36 Å². The van der Waals surface area contributed by atoms with Crippen molar-refractivity contribution >= 4 is 74.3 Å². The minimum Gasteiger partial charge on any atom is -0.406 e. The Bertz CT molecular complexity index is 2740. The highest BCUT2D eigenvalue weighted by Gasteiger charge is 2.31. The number of nitrogens with one attached hydrogen (secondary N) is 2. The summed E-state index contributed by atoms with van der Waals surface area (Å²) in [5.41, 5.74) is 7.01. The number of carbonyl (C=O) groups is 2. The molecule has 2 amide bonds. The lowest BCUT2D eigenvalue weighted by atomic mass is 10.1. The van der Waals surface area contributed by atoms with Crippen LogP contribution in [0.25, 0.3) is 27.9 Å². The fourth-order valence-corrected chi connectivity index (χ4v) is 8.76. The van der Waals surface area contributed by atoms with Gasteiger partial charge in [-0.15, -0.1) is 13.2 Å². The number of nitrogens with zero attached hydrogens (tertiary/aromatic N) is 6. The number of hydrogen-bond donors (Lipinski definition) is 4. The number of hydrogen-bond acceptors (Lipinski definition) is 11. The van der Waals surface area contributed by atoms with Gasteiger partial charge in [0.25, 0.3) is 0 Å². The van der Waals surface area contributed by atoms with E-state index in [1.54, 1.807) is 6.07 Å². The molecule has 17 heteroatoms. The minimum absolute atomic E-state index is 0.0106. The molecule has 70 heavy (non-hydrogen) atoms. The maximum absolute atomic E-state index is 12.5. The summed E-state index contributed by atoms with van der Waals surface area (Å²) in [6.45, 7) is 13.3. The van der Waals surface area contributed by atoms with Crippen LogP contribution >= 0.6 is 11.6 Å². The average molecular weight is 982 g/mol. The molecular weight excluding hydrogens is 921 g/mol. The summed E-state index contributed by atoms with van der Waals surface area (Å²) in [4.78, 5) is 43.8. The molecule has 8 rings (SSSR count). The number of halogens is 4. The third-order valence-electron chi connectivity index (χ3n) is 12.3. The van der Waals surface area contributed by atoms with E-state index in [1.165, 1.54) is 36.4 Å². The van der Waals surface area contributed by atoms with Crippen LogP contribution in [0.2, 0.25) is 5.02 Å². The highest BCUT2D eigenvalue weighted by atomic mass is 35.5. The van der Waals surface area contributed by atoms with Gasteiger partial charge < -0.3 is 35.4 Å². The molecule has 0 atom stereocenters. The molecule has 2 saturated heterocycles. The Morgan fingerprint density at radius 3 is 1.73 bits per heavy atom. The van der Waals surface area contributed by atoms with Crippen molar-refractivity contribution in [2.75, 3.05) is 99.1 Å². The van der Waals surface area contributed by atoms with E-state index in [1.807, 2.05) is 61.5 Å². The van der Waals surface area contributed by atoms with Crippen molar-refractivity contribution in [3.05, 3.63) is 130 Å². The molecule has 0 spiro atoms. The predicted molar refractivity (Wildman–Crippen MR) is 273 cm³/mol. The first-order valence-electron chi connectivity index (χ1n) is 23.6. The van der Waals surface area contributed by atoms with Crippen LogP contribution in [0.5, 0.6) is 5.75 Å². The summed E-state index contributed by atoms with van der Waals surface area (Å²) in [6, 6.07) is 28.5. The largest absolute Gasteiger partial charge is 0.573 e. The van der Waals surface area contributed by atoms with Crippen LogP contribution in [0.1, 0.15) is 41.5 Å². The van der Waals surface area contributed by atoms with Crippen LogP contribution in [0.4, 0.5) is 36.2 Å². The zero-order chi connectivity index (χ0) is 49.6. The van der Waals surface area contributed by atoms with Crippen LogP contribution in [-0.2, 0) is 16.0 Å². The number of aliphatic hydroxyl groups excluding tert-OH is 2. The lowest BCUT2D eigenvalue weighted by molar-refractivity contribution is -0.274. The van der Waals surface area contributed by atoms with Gasteiger partial charge in [0.05, 0.1) is 24.2 Å². The summed E-state index contributed by atoms with van der Waals surface area (Å²) < 4.78 is 40.7. The Morgan fingerprint density at radius 1 is 0.686 bits per heavy atom. The van der Waals surface area contributed by atoms with E-state index in [-0.39, 0.29) is 30.8 Å². The number of alkyl halides is 3. The van der Waals surface area contributed by atoms with Crippen LogP contribution in [0.15, 0.2) is 103 Å². The number of aliphatic hydroxyl groups is 2. The molecule has 0 radical (unpaired) electrons. The highest BCUT2D eigenvalue weighted by Crippen LogP contribution is 2.29. The Morgan fingerprint density at radius 2 is 1.21 bits per heavy atom. The summed E-state index contributed by atoms with van der Waals surface area (Å²) >= 11 is 5.92. The Kier molecular flexibility index (Phi) is 18.0. The molecule has 2 aliphatic heterocycles. The first-order valence-corrected chi connectivity index (χ1v) is 24.0. The summed E-state index contributed by atoms with van der Waals surface area (Å²) in [7, 11) is 0. The third kappa shape index (κ3) is 15.1. The van der Waals surface area contributed by atoms with Crippen LogP contribution in [0, 0.1) is 13.8 Å². The standard InChI is InChI=1S/C27H29F3N4O3.C26H31ClN4O2/c1-19-17-25(34-12-2-11-33(13-14-34)15-16-35)32-24-9-6-21(18-23(19)24)31-26(36)10-5-20-3-7-22(8-4-20)37-27(28,29)30;1-19-17-25(31-12-2-11-30(13-14-31)15-16-32)29-24-9-8-22(18-23(19)24)28-26(33)10-5-20-3-6-21(27)7-4-20/h3-10,17-18,35H,2,11-16H2,1H3,(H,31,36);3-4,6-9,17-18,32H,2,5,10-16H2,1H3,(H,28,33)/b10-5+;. The summed E-state index contributed by atoms with van der Waals surface area (Å²) in [5, 5.41) is 26.9. The normalized spacial score (nSPS) is 15.1. The molecule has 4 heterocycles. The van der Waals surface area contributed by atoms with Gasteiger partial charge in [-0.3, -0.25) is 19.4 Å². The number of rotatable bonds is 14. The van der Waals surface area contributed by atoms with Gasteiger partial charge in [-0.25, -0.2) is 9.97 Å². The van der Waals surface area contributed by atoms with Crippen molar-refractivity contribution in [3.63, 3.8) is 0 Å². The fraction of sp³-hybridized carbons (Fsp3) is 0.358. The van der Waals surface area contributed by atoms with Crippen molar-refractivity contribution < 1.29 is 37.7 Å². The smallest absolute Gasteiger partial charge is 0.406 e. The van der Waals surface area contributed by atoms with E-state index >= 15 is 0 Å². The second-order valence-corrected chi connectivity index (χ2v) is 17.9. The predicted octanol–water partition coefficient (Wildman–Crippen LogP) is 8.87. The van der Waals surface area contributed by atoms with Gasteiger partial charge in [0.1, 0.15) is 17.4 Å². The molecule has 13 nitrogen and oxygen atoms in total. The molecule has 0 unspecified atom stereocenters. The van der Waals surface area contributed by atoms with Gasteiger partial charge in [0.15, 0.2) is 0 Å². The molecule has 6 aromatic rings. The lowest BCUT2D eigenvalue weighted by Gasteiger charge is -2.23. The molecule has 4 aromatic carbocycles. The summed E-state index contributed by atoms with van der Waals surface area (Å²) in [6.07, 6.45) is 1.22. The van der Waals surface area contributed by atoms with Crippen LogP contribution in [-0.4, -0.2) is 127 Å². The van der Waals surface area contributed by atoms with E-state index in [4.69, 9.17) is 21.6 Å². The second kappa shape index (κ2) is 24.5. The maximum Gasteiger partial charge on any atom is 0.573 e. The van der Waals surface area contributed by atoms with E-state index in [0.717, 1.165) is 128 Å². The monoisotopic (exact) mass is 980 g/mol. The number of β-amino-alcohol motifs (C(OH)–C–C–N with tert-alkyl or cyclic N) is 2. The van der Waals surface area contributed by atoms with Crippen LogP contribution in [0.3, 0.4) is 0 Å². The van der Waals surface area contributed by atoms with Crippen molar-refractivity contribution in [1.29, 1.82) is 0 Å². The second-order valence-electron chi connectivity index (χ2n) is 17.5. The Balaban J connectivity index is 0.000000208. The van der Waals surface area contributed by atoms with Crippen molar-refractivity contribution in [2.45, 2.75) is 45.9 Å². The SMILES string of the molecule is Cc1cc(N2CCCN(CCO)CC2)nc2ccc(NC(=O)/C=C/c3ccc(OC(F)(F)F)cc3)cc12.Cc1cc(N2CCCN(CCO)CC2)nc2ccc(NC(=O)CCc3ccc(Cl)cc3)cc12. The summed E-state index contributed by atoms with van der Waals surface area (Å²) in [5.74, 6) is 1.21. The number of pyridine rings is 2. The topological polar surface area (TPSA) is 147 Å². The van der Waals surface area contributed by atoms with Crippen LogP contribution < -0.4 is 25.2 Å². The zero-order valence-electron chi connectivity index (χ0n) is 39.5. The van der Waals surface area contributed by atoms with Gasteiger partial charge in [-0.05, 0) is 147 Å². The zero-order valence-corrected chi connectivity index (χ0v) is 40.3. The van der Waals surface area contributed by atoms with E-state index in [0.29, 0.717) is 35.7 Å². The molecule has 0 bridgehead atoms. The molecule has 2 aromatic heterocycles. The average Bonchev–Trinajstić information content (AvgIpc) is 3.72. The lowest BCUT2D eigenvalue weighted by Crippen LogP contribution is -2.32.